The van der Waals surface area contributed by atoms with E-state index in [2.05, 4.69) is 71.8 Å². The maximum absolute atomic E-state index is 4.89. The summed E-state index contributed by atoms with van der Waals surface area (Å²) in [5.41, 5.74) is 3.60. The summed E-state index contributed by atoms with van der Waals surface area (Å²) >= 11 is 0. The van der Waals surface area contributed by atoms with Gasteiger partial charge in [0.1, 0.15) is 11.9 Å². The van der Waals surface area contributed by atoms with Crippen LogP contribution in [0.3, 0.4) is 0 Å². The van der Waals surface area contributed by atoms with Gasteiger partial charge in [-0.05, 0) is 29.4 Å². The fourth-order valence-electron chi connectivity index (χ4n) is 2.84. The average molecular weight is 284 g/mol. The maximum Gasteiger partial charge on any atom is 0.132 e. The molecule has 1 unspecified atom stereocenters. The van der Waals surface area contributed by atoms with Crippen molar-refractivity contribution < 1.29 is 0 Å². The molecule has 0 radical (unpaired) electrons. The number of aliphatic imine (C=N–C) groups is 1. The maximum atomic E-state index is 4.89. The lowest BCUT2D eigenvalue weighted by Gasteiger charge is -2.20. The van der Waals surface area contributed by atoms with Gasteiger partial charge in [0.2, 0.25) is 0 Å². The van der Waals surface area contributed by atoms with Crippen LogP contribution in [0.1, 0.15) is 17.2 Å². The van der Waals surface area contributed by atoms with Crippen molar-refractivity contribution >= 4 is 11.9 Å². The number of allylic oxidation sites excluding steroid dienone is 2. The van der Waals surface area contributed by atoms with E-state index in [4.69, 9.17) is 4.99 Å². The number of hydrogen-bond acceptors (Lipinski definition) is 2. The van der Waals surface area contributed by atoms with Gasteiger partial charge in [-0.1, -0.05) is 66.7 Å². The molecule has 22 heavy (non-hydrogen) atoms. The summed E-state index contributed by atoms with van der Waals surface area (Å²) in [5.74, 6) is 0.999. The predicted octanol–water partition coefficient (Wildman–Crippen LogP) is 4.57. The molecular formula is C20H16N2. The summed E-state index contributed by atoms with van der Waals surface area (Å²) in [6, 6.07) is 20.9. The van der Waals surface area contributed by atoms with Crippen LogP contribution in [0.4, 0.5) is 0 Å². The van der Waals surface area contributed by atoms with Crippen LogP contribution in [-0.2, 0) is 0 Å². The molecule has 2 aliphatic rings. The molecule has 0 N–H and O–H groups in total. The van der Waals surface area contributed by atoms with E-state index in [1.807, 2.05) is 24.3 Å². The van der Waals surface area contributed by atoms with Gasteiger partial charge in [0.05, 0.1) is 5.70 Å². The lowest BCUT2D eigenvalue weighted by Crippen LogP contribution is -2.20. The second-order valence-electron chi connectivity index (χ2n) is 5.35. The molecule has 2 aliphatic heterocycles. The second kappa shape index (κ2) is 5.49. The summed E-state index contributed by atoms with van der Waals surface area (Å²) < 4.78 is 0. The number of nitrogens with zero attached hydrogens (tertiary/aromatic N) is 2. The summed E-state index contributed by atoms with van der Waals surface area (Å²) in [5, 5.41) is 0. The molecule has 4 rings (SSSR count). The minimum Gasteiger partial charge on any atom is -0.303 e. The first-order chi connectivity index (χ1) is 10.9. The van der Waals surface area contributed by atoms with E-state index in [0.717, 1.165) is 5.84 Å². The Balaban J connectivity index is 1.81. The number of rotatable bonds is 2. The zero-order chi connectivity index (χ0) is 14.8. The molecular weight excluding hydrogens is 268 g/mol. The molecule has 2 aromatic carbocycles. The third kappa shape index (κ3) is 2.29. The third-order valence-corrected chi connectivity index (χ3v) is 3.89. The Bertz CT molecular complexity index is 783. The quantitative estimate of drug-likeness (QED) is 0.789. The van der Waals surface area contributed by atoms with Gasteiger partial charge in [-0.15, -0.1) is 0 Å². The first-order valence-electron chi connectivity index (χ1n) is 7.45. The Labute approximate surface area is 130 Å². The average Bonchev–Trinajstić information content (AvgIpc) is 2.95. The van der Waals surface area contributed by atoms with Crippen LogP contribution >= 0.6 is 0 Å². The highest BCUT2D eigenvalue weighted by Crippen LogP contribution is 2.37. The molecule has 0 saturated carbocycles. The molecule has 0 aliphatic carbocycles. The highest BCUT2D eigenvalue weighted by atomic mass is 15.3. The van der Waals surface area contributed by atoms with Gasteiger partial charge in [0.25, 0.3) is 0 Å². The van der Waals surface area contributed by atoms with Crippen molar-refractivity contribution in [2.75, 3.05) is 0 Å². The first-order valence-corrected chi connectivity index (χ1v) is 7.45. The fourth-order valence-corrected chi connectivity index (χ4v) is 2.84. The Kier molecular flexibility index (Phi) is 3.20. The van der Waals surface area contributed by atoms with Crippen LogP contribution in [0.5, 0.6) is 0 Å². The van der Waals surface area contributed by atoms with Crippen LogP contribution in [-0.4, -0.2) is 10.7 Å². The van der Waals surface area contributed by atoms with Crippen molar-refractivity contribution in [2.24, 2.45) is 4.99 Å². The normalized spacial score (nSPS) is 21.1. The second-order valence-corrected chi connectivity index (χ2v) is 5.35. The van der Waals surface area contributed by atoms with Crippen LogP contribution in [0.2, 0.25) is 0 Å². The van der Waals surface area contributed by atoms with Crippen molar-refractivity contribution in [3.63, 3.8) is 0 Å². The number of fused-ring (bicyclic) bond motifs is 1. The monoisotopic (exact) mass is 284 g/mol. The van der Waals surface area contributed by atoms with E-state index >= 15 is 0 Å². The summed E-state index contributed by atoms with van der Waals surface area (Å²) in [6.07, 6.45) is 10.4. The minimum absolute atomic E-state index is 0.0452. The molecule has 1 atom stereocenters. The SMILES string of the molecule is C1=CC2=NC(c3ccccc3)/C(=C/c3ccccc3)N2C=C1. The molecule has 0 spiro atoms. The lowest BCUT2D eigenvalue weighted by molar-refractivity contribution is 0.671. The van der Waals surface area contributed by atoms with E-state index in [1.54, 1.807) is 0 Å². The predicted molar refractivity (Wildman–Crippen MR) is 91.2 cm³/mol. The molecule has 2 heteroatoms. The Morgan fingerprint density at radius 2 is 1.59 bits per heavy atom. The lowest BCUT2D eigenvalue weighted by atomic mass is 10.0. The number of benzene rings is 2. The fraction of sp³-hybridized carbons (Fsp3) is 0.0500. The summed E-state index contributed by atoms with van der Waals surface area (Å²) in [4.78, 5) is 7.07. The Morgan fingerprint density at radius 3 is 2.36 bits per heavy atom. The zero-order valence-electron chi connectivity index (χ0n) is 12.1. The molecule has 106 valence electrons. The van der Waals surface area contributed by atoms with Gasteiger partial charge in [0.15, 0.2) is 0 Å². The van der Waals surface area contributed by atoms with Gasteiger partial charge >= 0.3 is 0 Å². The Hall–Kier alpha value is -2.87. The van der Waals surface area contributed by atoms with Gasteiger partial charge in [0, 0.05) is 6.20 Å². The standard InChI is InChI=1S/C20H16N2/c1-3-9-16(10-4-1)15-18-20(17-11-5-2-6-12-17)21-19-13-7-8-14-22(18)19/h1-15,20H/b18-15-. The van der Waals surface area contributed by atoms with E-state index in [9.17, 15) is 0 Å². The van der Waals surface area contributed by atoms with Crippen LogP contribution < -0.4 is 0 Å². The minimum atomic E-state index is 0.0452. The molecule has 0 aromatic heterocycles. The van der Waals surface area contributed by atoms with Gasteiger partial charge in [-0.25, -0.2) is 0 Å². The summed E-state index contributed by atoms with van der Waals surface area (Å²) in [6.45, 7) is 0. The molecule has 0 saturated heterocycles. The van der Waals surface area contributed by atoms with Crippen molar-refractivity contribution in [2.45, 2.75) is 6.04 Å². The molecule has 2 heterocycles. The molecule has 0 fully saturated rings. The highest BCUT2D eigenvalue weighted by Gasteiger charge is 2.30. The number of amidine groups is 1. The first kappa shape index (κ1) is 12.8. The zero-order valence-corrected chi connectivity index (χ0v) is 12.1. The highest BCUT2D eigenvalue weighted by molar-refractivity contribution is 5.99. The van der Waals surface area contributed by atoms with Crippen LogP contribution in [0.25, 0.3) is 6.08 Å². The van der Waals surface area contributed by atoms with E-state index < -0.39 is 0 Å². The van der Waals surface area contributed by atoms with Crippen molar-refractivity contribution in [1.82, 2.24) is 4.90 Å². The number of hydrogen-bond donors (Lipinski definition) is 0. The van der Waals surface area contributed by atoms with Crippen LogP contribution in [0.15, 0.2) is 95.8 Å². The molecule has 0 amide bonds. The van der Waals surface area contributed by atoms with E-state index in [0.29, 0.717) is 0 Å². The smallest absolute Gasteiger partial charge is 0.132 e. The van der Waals surface area contributed by atoms with Crippen LogP contribution in [0, 0.1) is 0 Å². The molecule has 2 aromatic rings. The van der Waals surface area contributed by atoms with Gasteiger partial charge < -0.3 is 4.90 Å². The largest absolute Gasteiger partial charge is 0.303 e. The molecule has 2 nitrogen and oxygen atoms in total. The van der Waals surface area contributed by atoms with Crippen molar-refractivity contribution in [3.8, 4) is 0 Å². The van der Waals surface area contributed by atoms with Crippen molar-refractivity contribution in [1.29, 1.82) is 0 Å². The van der Waals surface area contributed by atoms with Crippen molar-refractivity contribution in [3.05, 3.63) is 102 Å². The third-order valence-electron chi connectivity index (χ3n) is 3.89. The van der Waals surface area contributed by atoms with Gasteiger partial charge in [-0.3, -0.25) is 4.99 Å². The topological polar surface area (TPSA) is 15.6 Å². The van der Waals surface area contributed by atoms with Gasteiger partial charge in [-0.2, -0.15) is 0 Å². The van der Waals surface area contributed by atoms with E-state index in [1.165, 1.54) is 16.8 Å². The summed E-state index contributed by atoms with van der Waals surface area (Å²) in [7, 11) is 0. The van der Waals surface area contributed by atoms with E-state index in [-0.39, 0.29) is 6.04 Å². The molecule has 0 bridgehead atoms. The Morgan fingerprint density at radius 1 is 0.864 bits per heavy atom.